The van der Waals surface area contributed by atoms with E-state index in [2.05, 4.69) is 9.97 Å². The SMILES string of the molecule is Fc1ccc(-c2cn3cc(-n4cnc5ccccc54)ccc3n2)cc1. The number of hydrogen-bond donors (Lipinski definition) is 0. The van der Waals surface area contributed by atoms with Crippen LogP contribution >= 0.6 is 0 Å². The summed E-state index contributed by atoms with van der Waals surface area (Å²) in [5.74, 6) is -0.248. The highest BCUT2D eigenvalue weighted by molar-refractivity contribution is 5.77. The molecule has 5 heteroatoms. The molecule has 4 nitrogen and oxygen atoms in total. The van der Waals surface area contributed by atoms with Crippen LogP contribution in [-0.4, -0.2) is 18.9 Å². The maximum Gasteiger partial charge on any atom is 0.137 e. The van der Waals surface area contributed by atoms with Gasteiger partial charge in [0.1, 0.15) is 17.8 Å². The van der Waals surface area contributed by atoms with E-state index in [-0.39, 0.29) is 5.82 Å². The third-order valence-electron chi connectivity index (χ3n) is 4.31. The molecule has 25 heavy (non-hydrogen) atoms. The van der Waals surface area contributed by atoms with Crippen molar-refractivity contribution in [1.82, 2.24) is 18.9 Å². The fraction of sp³-hybridized carbons (Fsp3) is 0. The Hall–Kier alpha value is -3.47. The summed E-state index contributed by atoms with van der Waals surface area (Å²) in [6.45, 7) is 0. The number of fused-ring (bicyclic) bond motifs is 2. The summed E-state index contributed by atoms with van der Waals surface area (Å²) in [6, 6.07) is 18.4. The molecule has 0 fully saturated rings. The summed E-state index contributed by atoms with van der Waals surface area (Å²) < 4.78 is 17.1. The van der Waals surface area contributed by atoms with Crippen LogP contribution in [0, 0.1) is 5.82 Å². The fourth-order valence-corrected chi connectivity index (χ4v) is 3.05. The molecule has 0 spiro atoms. The molecule has 0 aliphatic heterocycles. The maximum atomic E-state index is 13.1. The predicted molar refractivity (Wildman–Crippen MR) is 95.2 cm³/mol. The lowest BCUT2D eigenvalue weighted by atomic mass is 10.2. The minimum absolute atomic E-state index is 0.248. The quantitative estimate of drug-likeness (QED) is 0.479. The molecule has 2 aromatic carbocycles. The Bertz CT molecular complexity index is 1200. The van der Waals surface area contributed by atoms with E-state index in [0.717, 1.165) is 33.6 Å². The van der Waals surface area contributed by atoms with E-state index < -0.39 is 0 Å². The average molecular weight is 328 g/mol. The third-order valence-corrected chi connectivity index (χ3v) is 4.31. The zero-order valence-electron chi connectivity index (χ0n) is 13.2. The zero-order chi connectivity index (χ0) is 16.8. The van der Waals surface area contributed by atoms with E-state index in [9.17, 15) is 4.39 Å². The minimum atomic E-state index is -0.248. The van der Waals surface area contributed by atoms with Crippen molar-refractivity contribution >= 4 is 16.7 Å². The van der Waals surface area contributed by atoms with Crippen LogP contribution in [0.4, 0.5) is 4.39 Å². The van der Waals surface area contributed by atoms with Gasteiger partial charge in [-0.15, -0.1) is 0 Å². The Morgan fingerprint density at radius 3 is 2.56 bits per heavy atom. The van der Waals surface area contributed by atoms with Crippen molar-refractivity contribution in [3.8, 4) is 16.9 Å². The van der Waals surface area contributed by atoms with Gasteiger partial charge in [-0.2, -0.15) is 0 Å². The van der Waals surface area contributed by atoms with Gasteiger partial charge in [-0.3, -0.25) is 4.57 Å². The summed E-state index contributed by atoms with van der Waals surface area (Å²) in [6.07, 6.45) is 5.79. The van der Waals surface area contributed by atoms with Crippen molar-refractivity contribution < 1.29 is 4.39 Å². The maximum absolute atomic E-state index is 13.1. The lowest BCUT2D eigenvalue weighted by molar-refractivity contribution is 0.628. The van der Waals surface area contributed by atoms with Gasteiger partial charge in [0.05, 0.1) is 22.4 Å². The first kappa shape index (κ1) is 13.9. The van der Waals surface area contributed by atoms with Crippen molar-refractivity contribution in [1.29, 1.82) is 0 Å². The summed E-state index contributed by atoms with van der Waals surface area (Å²) >= 11 is 0. The second-order valence-electron chi connectivity index (χ2n) is 5.89. The van der Waals surface area contributed by atoms with Crippen LogP contribution in [0.5, 0.6) is 0 Å². The molecule has 0 radical (unpaired) electrons. The van der Waals surface area contributed by atoms with E-state index >= 15 is 0 Å². The molecule has 0 saturated heterocycles. The van der Waals surface area contributed by atoms with Crippen LogP contribution in [0.2, 0.25) is 0 Å². The van der Waals surface area contributed by atoms with Gasteiger partial charge in [0.15, 0.2) is 0 Å². The first-order valence-electron chi connectivity index (χ1n) is 7.95. The largest absolute Gasteiger partial charge is 0.304 e. The highest BCUT2D eigenvalue weighted by Crippen LogP contribution is 2.22. The summed E-state index contributed by atoms with van der Waals surface area (Å²) in [4.78, 5) is 9.05. The molecule has 5 aromatic rings. The normalized spacial score (nSPS) is 11.4. The molecule has 120 valence electrons. The third kappa shape index (κ3) is 2.29. The van der Waals surface area contributed by atoms with Crippen LogP contribution in [0.3, 0.4) is 0 Å². The number of para-hydroxylation sites is 2. The summed E-state index contributed by atoms with van der Waals surface area (Å²) in [5.41, 5.74) is 5.56. The molecular weight excluding hydrogens is 315 g/mol. The Balaban J connectivity index is 1.63. The standard InChI is InChI=1S/C20H13FN4/c21-15-7-5-14(6-8-15)18-12-24-11-16(9-10-20(24)23-18)25-13-22-17-3-1-2-4-19(17)25/h1-13H. The number of aromatic nitrogens is 4. The van der Waals surface area contributed by atoms with Gasteiger partial charge in [-0.05, 0) is 48.5 Å². The van der Waals surface area contributed by atoms with E-state index in [4.69, 9.17) is 0 Å². The Morgan fingerprint density at radius 2 is 1.68 bits per heavy atom. The van der Waals surface area contributed by atoms with Gasteiger partial charge < -0.3 is 4.40 Å². The minimum Gasteiger partial charge on any atom is -0.304 e. The fourth-order valence-electron chi connectivity index (χ4n) is 3.05. The van der Waals surface area contributed by atoms with Gasteiger partial charge in [-0.25, -0.2) is 14.4 Å². The van der Waals surface area contributed by atoms with Crippen molar-refractivity contribution in [3.63, 3.8) is 0 Å². The lowest BCUT2D eigenvalue weighted by Gasteiger charge is -2.04. The molecule has 0 amide bonds. The molecule has 0 bridgehead atoms. The zero-order valence-corrected chi connectivity index (χ0v) is 13.2. The number of nitrogens with zero attached hydrogens (tertiary/aromatic N) is 4. The summed E-state index contributed by atoms with van der Waals surface area (Å²) in [5, 5.41) is 0. The predicted octanol–water partition coefficient (Wildman–Crippen LogP) is 4.48. The molecule has 0 aliphatic carbocycles. The topological polar surface area (TPSA) is 35.1 Å². The molecule has 0 N–H and O–H groups in total. The number of benzene rings is 2. The second-order valence-corrected chi connectivity index (χ2v) is 5.89. The molecule has 3 aromatic heterocycles. The Morgan fingerprint density at radius 1 is 0.840 bits per heavy atom. The van der Waals surface area contributed by atoms with Gasteiger partial charge in [0.25, 0.3) is 0 Å². The van der Waals surface area contributed by atoms with Crippen LogP contribution in [0.15, 0.2) is 79.4 Å². The van der Waals surface area contributed by atoms with Gasteiger partial charge in [-0.1, -0.05) is 12.1 Å². The molecule has 5 rings (SSSR count). The van der Waals surface area contributed by atoms with E-state index in [1.807, 2.05) is 64.1 Å². The number of imidazole rings is 2. The van der Waals surface area contributed by atoms with Crippen molar-refractivity contribution in [2.45, 2.75) is 0 Å². The average Bonchev–Trinajstić information content (AvgIpc) is 3.25. The van der Waals surface area contributed by atoms with Crippen molar-refractivity contribution in [2.24, 2.45) is 0 Å². The Kier molecular flexibility index (Phi) is 2.94. The number of hydrogen-bond acceptors (Lipinski definition) is 2. The number of pyridine rings is 1. The van der Waals surface area contributed by atoms with E-state index in [1.165, 1.54) is 12.1 Å². The van der Waals surface area contributed by atoms with Gasteiger partial charge in [0.2, 0.25) is 0 Å². The van der Waals surface area contributed by atoms with Crippen LogP contribution < -0.4 is 0 Å². The van der Waals surface area contributed by atoms with E-state index in [1.54, 1.807) is 12.1 Å². The molecule has 0 atom stereocenters. The highest BCUT2D eigenvalue weighted by atomic mass is 19.1. The van der Waals surface area contributed by atoms with Crippen molar-refractivity contribution in [2.75, 3.05) is 0 Å². The monoisotopic (exact) mass is 328 g/mol. The second kappa shape index (κ2) is 5.27. The number of rotatable bonds is 2. The van der Waals surface area contributed by atoms with Crippen LogP contribution in [0.25, 0.3) is 33.6 Å². The lowest BCUT2D eigenvalue weighted by Crippen LogP contribution is -1.94. The molecule has 0 unspecified atom stereocenters. The highest BCUT2D eigenvalue weighted by Gasteiger charge is 2.08. The van der Waals surface area contributed by atoms with Gasteiger partial charge >= 0.3 is 0 Å². The van der Waals surface area contributed by atoms with E-state index in [0.29, 0.717) is 0 Å². The molecule has 0 saturated carbocycles. The molecule has 0 aliphatic rings. The Labute approximate surface area is 142 Å². The first-order valence-corrected chi connectivity index (χ1v) is 7.95. The number of halogens is 1. The summed E-state index contributed by atoms with van der Waals surface area (Å²) in [7, 11) is 0. The van der Waals surface area contributed by atoms with Crippen LogP contribution in [-0.2, 0) is 0 Å². The van der Waals surface area contributed by atoms with Crippen LogP contribution in [0.1, 0.15) is 0 Å². The molecule has 3 heterocycles. The molecular formula is C20H13FN4. The first-order chi connectivity index (χ1) is 12.3. The smallest absolute Gasteiger partial charge is 0.137 e. The van der Waals surface area contributed by atoms with Crippen molar-refractivity contribution in [3.05, 3.63) is 85.2 Å². The van der Waals surface area contributed by atoms with Gasteiger partial charge in [0, 0.05) is 18.0 Å².